The average Bonchev–Trinajstić information content (AvgIpc) is 3.96. The molecule has 2 aromatic heterocycles. The summed E-state index contributed by atoms with van der Waals surface area (Å²) in [6.07, 6.45) is 2.53. The number of benzene rings is 6. The maximum Gasteiger partial charge on any atom is 0.511 e. The highest BCUT2D eigenvalue weighted by Gasteiger charge is 2.42. The molecule has 316 valence electrons. The molecule has 1 aliphatic carbocycles. The molecular weight excluding hydrogens is 793 g/mol. The molecule has 1 atom stereocenters. The Hall–Kier alpha value is -7.60. The van der Waals surface area contributed by atoms with Crippen molar-refractivity contribution in [2.24, 2.45) is 0 Å². The van der Waals surface area contributed by atoms with E-state index in [-0.39, 0.29) is 11.7 Å². The third kappa shape index (κ3) is 8.15. The summed E-state index contributed by atoms with van der Waals surface area (Å²) in [6, 6.07) is 52.8. The highest BCUT2D eigenvalue weighted by atomic mass is 16.8. The van der Waals surface area contributed by atoms with Gasteiger partial charge in [-0.1, -0.05) is 152 Å². The summed E-state index contributed by atoms with van der Waals surface area (Å²) in [5.41, 5.74) is 7.12. The number of rotatable bonds is 13. The van der Waals surface area contributed by atoms with E-state index in [2.05, 4.69) is 64.8 Å². The lowest BCUT2D eigenvalue weighted by molar-refractivity contribution is -0.0914. The standard InChI is InChI=1S/C51H46N6O6/c1-35(62-50(59)63-41-24-13-6-14-25-41)61-48(58)44-28-17-29-45-46(44)56(49(52-45)60-2)34-36-30-32-37(33-31-36)42-26-15-16-27-43(42)47-53-54-55-57(47)51(38-18-7-3-8-19-38,39-20-9-4-10-21-39)40-22-11-5-12-23-40/h3-5,7-12,15-23,26-33,35,41H,6,13-14,24-25,34H2,1-2H3/t35-/m0/s1. The van der Waals surface area contributed by atoms with Gasteiger partial charge in [0.1, 0.15) is 11.6 Å². The molecule has 0 amide bonds. The lowest BCUT2D eigenvalue weighted by Crippen LogP contribution is -2.39. The van der Waals surface area contributed by atoms with Gasteiger partial charge in [-0.25, -0.2) is 14.3 Å². The van der Waals surface area contributed by atoms with Gasteiger partial charge in [-0.2, -0.15) is 4.98 Å². The molecule has 12 nitrogen and oxygen atoms in total. The largest absolute Gasteiger partial charge is 0.511 e. The number of methoxy groups -OCH3 is 1. The molecule has 12 heteroatoms. The first-order valence-electron chi connectivity index (χ1n) is 21.2. The monoisotopic (exact) mass is 838 g/mol. The number of imidazole rings is 1. The SMILES string of the molecule is COc1nc2cccc(C(=O)O[C@H](C)OC(=O)OC3CCCCC3)c2n1Cc1ccc(-c2ccccc2-c2nnnn2C(c2ccccc2)(c2ccccc2)c2ccccc2)cc1. The van der Waals surface area contributed by atoms with Crippen LogP contribution < -0.4 is 4.74 Å². The van der Waals surface area contributed by atoms with Crippen LogP contribution in [0.5, 0.6) is 6.01 Å². The number of para-hydroxylation sites is 1. The normalized spacial score (nSPS) is 13.6. The van der Waals surface area contributed by atoms with E-state index in [1.165, 1.54) is 6.92 Å². The van der Waals surface area contributed by atoms with Crippen LogP contribution in [0, 0.1) is 0 Å². The quantitative estimate of drug-likeness (QED) is 0.0628. The Labute approximate surface area is 365 Å². The smallest absolute Gasteiger partial charge is 0.468 e. The van der Waals surface area contributed by atoms with Crippen LogP contribution in [-0.4, -0.2) is 61.4 Å². The molecule has 0 aliphatic heterocycles. The second kappa shape index (κ2) is 18.2. The van der Waals surface area contributed by atoms with Crippen LogP contribution in [0.1, 0.15) is 71.6 Å². The molecule has 1 saturated carbocycles. The number of hydrogen-bond acceptors (Lipinski definition) is 10. The minimum atomic E-state index is -1.17. The van der Waals surface area contributed by atoms with Crippen LogP contribution in [0.15, 0.2) is 158 Å². The van der Waals surface area contributed by atoms with Gasteiger partial charge in [0.15, 0.2) is 5.82 Å². The van der Waals surface area contributed by atoms with Gasteiger partial charge in [0.25, 0.3) is 6.01 Å². The molecule has 0 radical (unpaired) electrons. The van der Waals surface area contributed by atoms with Gasteiger partial charge in [0, 0.05) is 12.5 Å². The van der Waals surface area contributed by atoms with Crippen molar-refractivity contribution in [1.82, 2.24) is 29.8 Å². The van der Waals surface area contributed by atoms with E-state index in [9.17, 15) is 9.59 Å². The number of carbonyl (C=O) groups excluding carboxylic acids is 2. The summed E-state index contributed by atoms with van der Waals surface area (Å²) in [4.78, 5) is 30.8. The van der Waals surface area contributed by atoms with E-state index in [4.69, 9.17) is 29.3 Å². The molecule has 0 unspecified atom stereocenters. The summed E-state index contributed by atoms with van der Waals surface area (Å²) in [5.74, 6) is -0.0754. The van der Waals surface area contributed by atoms with Crippen LogP contribution in [0.2, 0.25) is 0 Å². The summed E-state index contributed by atoms with van der Waals surface area (Å²) >= 11 is 0. The molecule has 0 bridgehead atoms. The minimum absolute atomic E-state index is 0.183. The van der Waals surface area contributed by atoms with Gasteiger partial charge in [-0.05, 0) is 81.6 Å². The van der Waals surface area contributed by atoms with Crippen LogP contribution >= 0.6 is 0 Å². The van der Waals surface area contributed by atoms with Crippen molar-refractivity contribution in [3.05, 3.63) is 186 Å². The molecule has 0 saturated heterocycles. The maximum absolute atomic E-state index is 13.6. The van der Waals surface area contributed by atoms with E-state index in [1.807, 2.05) is 100 Å². The van der Waals surface area contributed by atoms with E-state index < -0.39 is 24.0 Å². The topological polar surface area (TPSA) is 132 Å². The first-order valence-corrected chi connectivity index (χ1v) is 21.2. The predicted octanol–water partition coefficient (Wildman–Crippen LogP) is 10.2. The molecule has 63 heavy (non-hydrogen) atoms. The Bertz CT molecular complexity index is 2720. The zero-order chi connectivity index (χ0) is 43.2. The van der Waals surface area contributed by atoms with Gasteiger partial charge < -0.3 is 18.9 Å². The molecular formula is C51H46N6O6. The summed E-state index contributed by atoms with van der Waals surface area (Å²) in [6.45, 7) is 1.82. The maximum atomic E-state index is 13.6. The molecule has 1 fully saturated rings. The van der Waals surface area contributed by atoms with Gasteiger partial charge >= 0.3 is 12.1 Å². The Balaban J connectivity index is 1.03. The van der Waals surface area contributed by atoms with Crippen molar-refractivity contribution in [2.75, 3.05) is 7.11 Å². The molecule has 9 rings (SSSR count). The van der Waals surface area contributed by atoms with Crippen LogP contribution in [-0.2, 0) is 26.3 Å². The molecule has 2 heterocycles. The average molecular weight is 839 g/mol. The van der Waals surface area contributed by atoms with Crippen LogP contribution in [0.4, 0.5) is 4.79 Å². The highest BCUT2D eigenvalue weighted by molar-refractivity contribution is 6.02. The number of fused-ring (bicyclic) bond motifs is 1. The molecule has 0 N–H and O–H groups in total. The number of ether oxygens (including phenoxy) is 4. The number of hydrogen-bond donors (Lipinski definition) is 0. The summed E-state index contributed by atoms with van der Waals surface area (Å²) in [7, 11) is 1.54. The Morgan fingerprint density at radius 2 is 1.30 bits per heavy atom. The summed E-state index contributed by atoms with van der Waals surface area (Å²) in [5, 5.41) is 13.8. The molecule has 6 aromatic carbocycles. The first kappa shape index (κ1) is 40.8. The zero-order valence-corrected chi connectivity index (χ0v) is 35.0. The lowest BCUT2D eigenvalue weighted by Gasteiger charge is -2.36. The molecule has 1 aliphatic rings. The second-order valence-electron chi connectivity index (χ2n) is 15.5. The van der Waals surface area contributed by atoms with Crippen LogP contribution in [0.3, 0.4) is 0 Å². The predicted molar refractivity (Wildman–Crippen MR) is 238 cm³/mol. The van der Waals surface area contributed by atoms with Crippen molar-refractivity contribution in [3.63, 3.8) is 0 Å². The lowest BCUT2D eigenvalue weighted by atomic mass is 9.77. The van der Waals surface area contributed by atoms with Crippen molar-refractivity contribution in [1.29, 1.82) is 0 Å². The fourth-order valence-corrected chi connectivity index (χ4v) is 8.74. The second-order valence-corrected chi connectivity index (χ2v) is 15.5. The summed E-state index contributed by atoms with van der Waals surface area (Å²) < 4.78 is 25.9. The number of carbonyl (C=O) groups is 2. The fourth-order valence-electron chi connectivity index (χ4n) is 8.74. The number of esters is 1. The van der Waals surface area contributed by atoms with E-state index in [0.29, 0.717) is 29.4 Å². The fraction of sp³-hybridized carbons (Fsp3) is 0.216. The van der Waals surface area contributed by atoms with Crippen molar-refractivity contribution >= 4 is 23.2 Å². The third-order valence-corrected chi connectivity index (χ3v) is 11.6. The van der Waals surface area contributed by atoms with Crippen molar-refractivity contribution < 1.29 is 28.5 Å². The van der Waals surface area contributed by atoms with E-state index in [1.54, 1.807) is 19.2 Å². The highest BCUT2D eigenvalue weighted by Crippen LogP contribution is 2.43. The first-order chi connectivity index (χ1) is 30.9. The number of nitrogens with zero attached hydrogens (tertiary/aromatic N) is 6. The van der Waals surface area contributed by atoms with Crippen molar-refractivity contribution in [2.45, 2.75) is 63.5 Å². The van der Waals surface area contributed by atoms with Crippen molar-refractivity contribution in [3.8, 4) is 28.5 Å². The Kier molecular flexibility index (Phi) is 11.8. The zero-order valence-electron chi connectivity index (χ0n) is 35.0. The Morgan fingerprint density at radius 3 is 1.92 bits per heavy atom. The third-order valence-electron chi connectivity index (χ3n) is 11.6. The van der Waals surface area contributed by atoms with E-state index in [0.717, 1.165) is 71.0 Å². The van der Waals surface area contributed by atoms with Gasteiger partial charge in [0.2, 0.25) is 6.29 Å². The molecule has 8 aromatic rings. The van der Waals surface area contributed by atoms with E-state index >= 15 is 0 Å². The molecule has 0 spiro atoms. The number of aromatic nitrogens is 6. The minimum Gasteiger partial charge on any atom is -0.468 e. The van der Waals surface area contributed by atoms with Crippen LogP contribution in [0.25, 0.3) is 33.5 Å². The van der Waals surface area contributed by atoms with Gasteiger partial charge in [-0.3, -0.25) is 4.57 Å². The number of tetrazole rings is 1. The van der Waals surface area contributed by atoms with Gasteiger partial charge in [-0.15, -0.1) is 5.10 Å². The van der Waals surface area contributed by atoms with Gasteiger partial charge in [0.05, 0.1) is 30.3 Å². The Morgan fingerprint density at radius 1 is 0.698 bits per heavy atom.